The molecule has 2 aliphatic carbocycles. The van der Waals surface area contributed by atoms with Gasteiger partial charge in [0.25, 0.3) is 5.91 Å². The highest BCUT2D eigenvalue weighted by Crippen LogP contribution is 2.28. The molecule has 0 radical (unpaired) electrons. The highest BCUT2D eigenvalue weighted by molar-refractivity contribution is 9.10. The monoisotopic (exact) mass is 442 g/mol. The number of carbonyl (C=O) groups excluding carboxylic acids is 1. The van der Waals surface area contributed by atoms with Crippen LogP contribution in [0.4, 0.5) is 0 Å². The number of fused-ring (bicyclic) bond motifs is 1. The number of amides is 1. The average Bonchev–Trinajstić information content (AvgIpc) is 3.27. The van der Waals surface area contributed by atoms with E-state index in [-0.39, 0.29) is 22.9 Å². The average molecular weight is 443 g/mol. The van der Waals surface area contributed by atoms with E-state index in [2.05, 4.69) is 36.8 Å². The van der Waals surface area contributed by atoms with E-state index >= 15 is 0 Å². The van der Waals surface area contributed by atoms with Crippen molar-refractivity contribution in [1.29, 1.82) is 0 Å². The van der Waals surface area contributed by atoms with Gasteiger partial charge in [-0.2, -0.15) is 0 Å². The van der Waals surface area contributed by atoms with Gasteiger partial charge < -0.3 is 5.32 Å². The maximum atomic E-state index is 12.8. The standard InChI is InChI=1S/C17H23BrN4O3S/c18-15-5-4-13(26(24,25)22-11-1-2-11)8-14(15)17(23)20-12-3-6-16-10(7-12)9-19-21-16/h4-5,8,10-12,16,19,21-22H,1-3,6-7,9H2,(H,20,23). The fourth-order valence-corrected chi connectivity index (χ4v) is 5.49. The Morgan fingerprint density at radius 2 is 1.92 bits per heavy atom. The predicted octanol–water partition coefficient (Wildman–Crippen LogP) is 1.26. The first-order valence-corrected chi connectivity index (χ1v) is 11.3. The number of benzene rings is 1. The van der Waals surface area contributed by atoms with Crippen molar-refractivity contribution in [2.75, 3.05) is 6.54 Å². The van der Waals surface area contributed by atoms with Gasteiger partial charge in [-0.25, -0.2) is 13.1 Å². The van der Waals surface area contributed by atoms with Crippen molar-refractivity contribution >= 4 is 31.9 Å². The van der Waals surface area contributed by atoms with Crippen LogP contribution in [-0.4, -0.2) is 39.0 Å². The zero-order valence-electron chi connectivity index (χ0n) is 14.3. The van der Waals surface area contributed by atoms with Crippen LogP contribution in [0.3, 0.4) is 0 Å². The van der Waals surface area contributed by atoms with Crippen molar-refractivity contribution in [1.82, 2.24) is 20.9 Å². The van der Waals surface area contributed by atoms with E-state index in [1.165, 1.54) is 12.1 Å². The smallest absolute Gasteiger partial charge is 0.252 e. The lowest BCUT2D eigenvalue weighted by atomic mass is 9.83. The Morgan fingerprint density at radius 3 is 2.69 bits per heavy atom. The third-order valence-electron chi connectivity index (χ3n) is 5.36. The predicted molar refractivity (Wildman–Crippen MR) is 101 cm³/mol. The molecule has 1 saturated heterocycles. The molecule has 3 fully saturated rings. The maximum absolute atomic E-state index is 12.8. The minimum Gasteiger partial charge on any atom is -0.349 e. The summed E-state index contributed by atoms with van der Waals surface area (Å²) >= 11 is 3.37. The van der Waals surface area contributed by atoms with Crippen LogP contribution in [0.25, 0.3) is 0 Å². The van der Waals surface area contributed by atoms with Crippen LogP contribution in [0, 0.1) is 5.92 Å². The van der Waals surface area contributed by atoms with Crippen LogP contribution in [0.2, 0.25) is 0 Å². The maximum Gasteiger partial charge on any atom is 0.252 e. The zero-order valence-corrected chi connectivity index (χ0v) is 16.7. The molecule has 3 atom stereocenters. The highest BCUT2D eigenvalue weighted by atomic mass is 79.9. The Labute approximate surface area is 161 Å². The summed E-state index contributed by atoms with van der Waals surface area (Å²) in [4.78, 5) is 12.9. The second kappa shape index (κ2) is 7.20. The van der Waals surface area contributed by atoms with E-state index in [1.54, 1.807) is 6.07 Å². The first-order chi connectivity index (χ1) is 12.4. The fraction of sp³-hybridized carbons (Fsp3) is 0.588. The van der Waals surface area contributed by atoms with E-state index in [1.807, 2.05) is 0 Å². The molecule has 0 spiro atoms. The van der Waals surface area contributed by atoms with Gasteiger partial charge in [0.1, 0.15) is 0 Å². The Morgan fingerprint density at radius 1 is 1.15 bits per heavy atom. The van der Waals surface area contributed by atoms with Crippen LogP contribution in [0.1, 0.15) is 42.5 Å². The van der Waals surface area contributed by atoms with Crippen molar-refractivity contribution in [2.24, 2.45) is 5.92 Å². The SMILES string of the molecule is O=C(NC1CCC2NNCC2C1)c1cc(S(=O)(=O)NC2CC2)ccc1Br. The second-order valence-electron chi connectivity index (χ2n) is 7.41. The molecule has 3 unspecified atom stereocenters. The van der Waals surface area contributed by atoms with E-state index in [4.69, 9.17) is 0 Å². The molecule has 9 heteroatoms. The van der Waals surface area contributed by atoms with Gasteiger partial charge in [-0.1, -0.05) is 0 Å². The van der Waals surface area contributed by atoms with Crippen LogP contribution >= 0.6 is 15.9 Å². The minimum atomic E-state index is -3.58. The summed E-state index contributed by atoms with van der Waals surface area (Å²) in [5, 5.41) is 3.08. The van der Waals surface area contributed by atoms with Gasteiger partial charge >= 0.3 is 0 Å². The van der Waals surface area contributed by atoms with E-state index < -0.39 is 10.0 Å². The molecule has 0 aromatic heterocycles. The van der Waals surface area contributed by atoms with Crippen molar-refractivity contribution in [3.63, 3.8) is 0 Å². The fourth-order valence-electron chi connectivity index (χ4n) is 3.73. The van der Waals surface area contributed by atoms with E-state index in [0.29, 0.717) is 22.0 Å². The lowest BCUT2D eigenvalue weighted by molar-refractivity contribution is 0.0917. The number of sulfonamides is 1. The summed E-state index contributed by atoms with van der Waals surface area (Å²) in [6.07, 6.45) is 4.60. The molecule has 4 rings (SSSR count). The zero-order chi connectivity index (χ0) is 18.3. The number of hydrogen-bond donors (Lipinski definition) is 4. The van der Waals surface area contributed by atoms with Crippen molar-refractivity contribution in [2.45, 2.75) is 55.1 Å². The molecule has 2 saturated carbocycles. The number of carbonyl (C=O) groups is 1. The lowest BCUT2D eigenvalue weighted by Crippen LogP contribution is -2.44. The quantitative estimate of drug-likeness (QED) is 0.550. The van der Waals surface area contributed by atoms with Gasteiger partial charge in [0.15, 0.2) is 0 Å². The van der Waals surface area contributed by atoms with Crippen molar-refractivity contribution in [3.05, 3.63) is 28.2 Å². The number of hydrazine groups is 1. The van der Waals surface area contributed by atoms with Crippen LogP contribution in [0.5, 0.6) is 0 Å². The third-order valence-corrected chi connectivity index (χ3v) is 7.57. The van der Waals surface area contributed by atoms with Gasteiger partial charge in [0, 0.05) is 29.1 Å². The molecular weight excluding hydrogens is 420 g/mol. The molecule has 0 bridgehead atoms. The Kier molecular flexibility index (Phi) is 5.08. The van der Waals surface area contributed by atoms with Crippen LogP contribution < -0.4 is 20.9 Å². The molecule has 4 N–H and O–H groups in total. The van der Waals surface area contributed by atoms with Gasteiger partial charge in [0.2, 0.25) is 10.0 Å². The normalized spacial score (nSPS) is 28.6. The van der Waals surface area contributed by atoms with Gasteiger partial charge in [-0.05, 0) is 72.2 Å². The molecule has 3 aliphatic rings. The molecule has 1 aromatic carbocycles. The van der Waals surface area contributed by atoms with Crippen LogP contribution in [0.15, 0.2) is 27.6 Å². The summed E-state index contributed by atoms with van der Waals surface area (Å²) in [5.41, 5.74) is 6.81. The summed E-state index contributed by atoms with van der Waals surface area (Å²) < 4.78 is 28.1. The number of nitrogens with one attached hydrogen (secondary N) is 4. The molecule has 1 amide bonds. The lowest BCUT2D eigenvalue weighted by Gasteiger charge is -2.31. The number of halogens is 1. The molecule has 1 aliphatic heterocycles. The summed E-state index contributed by atoms with van der Waals surface area (Å²) in [6.45, 7) is 0.918. The van der Waals surface area contributed by atoms with Crippen molar-refractivity contribution < 1.29 is 13.2 Å². The molecule has 1 heterocycles. The summed E-state index contributed by atoms with van der Waals surface area (Å²) in [7, 11) is -3.58. The molecule has 7 nitrogen and oxygen atoms in total. The van der Waals surface area contributed by atoms with Gasteiger partial charge in [0.05, 0.1) is 10.5 Å². The topological polar surface area (TPSA) is 99.3 Å². The van der Waals surface area contributed by atoms with Crippen molar-refractivity contribution in [3.8, 4) is 0 Å². The Balaban J connectivity index is 1.47. The van der Waals surface area contributed by atoms with Gasteiger partial charge in [-0.15, -0.1) is 0 Å². The molecule has 142 valence electrons. The Hall–Kier alpha value is -1.00. The first kappa shape index (κ1) is 18.4. The second-order valence-corrected chi connectivity index (χ2v) is 9.98. The molecular formula is C17H23BrN4O3S. The minimum absolute atomic E-state index is 0.0322. The molecule has 1 aromatic rings. The first-order valence-electron chi connectivity index (χ1n) is 9.03. The van der Waals surface area contributed by atoms with E-state index in [0.717, 1.165) is 38.6 Å². The highest BCUT2D eigenvalue weighted by Gasteiger charge is 2.34. The Bertz CT molecular complexity index is 812. The third kappa shape index (κ3) is 3.96. The number of hydrogen-bond acceptors (Lipinski definition) is 5. The molecule has 26 heavy (non-hydrogen) atoms. The largest absolute Gasteiger partial charge is 0.349 e. The number of rotatable bonds is 5. The summed E-state index contributed by atoms with van der Waals surface area (Å²) in [6, 6.07) is 5.22. The summed E-state index contributed by atoms with van der Waals surface area (Å²) in [5.74, 6) is 0.287. The van der Waals surface area contributed by atoms with Gasteiger partial charge in [-0.3, -0.25) is 15.6 Å². The van der Waals surface area contributed by atoms with Crippen LogP contribution in [-0.2, 0) is 10.0 Å². The van der Waals surface area contributed by atoms with E-state index in [9.17, 15) is 13.2 Å².